The minimum atomic E-state index is 0.478. The van der Waals surface area contributed by atoms with Gasteiger partial charge in [-0.25, -0.2) is 9.97 Å². The molecule has 2 fully saturated rings. The highest BCUT2D eigenvalue weighted by Gasteiger charge is 2.24. The molecule has 0 radical (unpaired) electrons. The van der Waals surface area contributed by atoms with Gasteiger partial charge >= 0.3 is 0 Å². The Morgan fingerprint density at radius 1 is 1.15 bits per heavy atom. The third-order valence-electron chi connectivity index (χ3n) is 5.56. The number of hydrogen-bond donors (Lipinski definition) is 1. The van der Waals surface area contributed by atoms with Gasteiger partial charge in [-0.3, -0.25) is 4.98 Å². The summed E-state index contributed by atoms with van der Waals surface area (Å²) < 4.78 is 5.51. The molecule has 6 nitrogen and oxygen atoms in total. The molecule has 4 rings (SSSR count). The summed E-state index contributed by atoms with van der Waals surface area (Å²) in [6.07, 6.45) is 8.01. The minimum absolute atomic E-state index is 0.478. The standard InChI is InChI=1S/C21H29N5O/c1-2-18-13-20(25-21(24-18)17-3-8-22-9-4-17)23-19-5-10-26(11-6-19)14-16-7-12-27-15-16/h3-4,8-9,13,16,19H,2,5-7,10-12,14-15H2,1H3,(H,23,24,25). The molecular weight excluding hydrogens is 338 g/mol. The first-order valence-corrected chi connectivity index (χ1v) is 10.1. The van der Waals surface area contributed by atoms with Gasteiger partial charge in [-0.2, -0.15) is 0 Å². The SMILES string of the molecule is CCc1cc(NC2CCN(CC3CCOC3)CC2)nc(-c2ccncc2)n1. The third-order valence-corrected chi connectivity index (χ3v) is 5.56. The lowest BCUT2D eigenvalue weighted by atomic mass is 10.0. The number of anilines is 1. The number of piperidine rings is 1. The van der Waals surface area contributed by atoms with Gasteiger partial charge in [0.2, 0.25) is 0 Å². The van der Waals surface area contributed by atoms with E-state index >= 15 is 0 Å². The summed E-state index contributed by atoms with van der Waals surface area (Å²) in [4.78, 5) is 16.1. The average Bonchev–Trinajstić information content (AvgIpc) is 3.23. The van der Waals surface area contributed by atoms with Gasteiger partial charge < -0.3 is 15.0 Å². The number of nitrogens with zero attached hydrogens (tertiary/aromatic N) is 4. The Balaban J connectivity index is 1.38. The van der Waals surface area contributed by atoms with Crippen LogP contribution >= 0.6 is 0 Å². The molecule has 1 atom stereocenters. The smallest absolute Gasteiger partial charge is 0.161 e. The Morgan fingerprint density at radius 3 is 2.67 bits per heavy atom. The highest BCUT2D eigenvalue weighted by molar-refractivity contribution is 5.56. The summed E-state index contributed by atoms with van der Waals surface area (Å²) in [5, 5.41) is 3.66. The topological polar surface area (TPSA) is 63.2 Å². The maximum absolute atomic E-state index is 5.51. The lowest BCUT2D eigenvalue weighted by Gasteiger charge is -2.33. The number of likely N-dealkylation sites (tertiary alicyclic amines) is 1. The second-order valence-corrected chi connectivity index (χ2v) is 7.61. The summed E-state index contributed by atoms with van der Waals surface area (Å²) in [6, 6.07) is 6.49. The number of hydrogen-bond acceptors (Lipinski definition) is 6. The predicted octanol–water partition coefficient (Wildman–Crippen LogP) is 3.01. The molecule has 2 aromatic rings. The second-order valence-electron chi connectivity index (χ2n) is 7.61. The van der Waals surface area contributed by atoms with Gasteiger partial charge in [-0.1, -0.05) is 6.92 Å². The first-order chi connectivity index (χ1) is 13.3. The molecule has 2 aliphatic rings. The zero-order chi connectivity index (χ0) is 18.5. The summed E-state index contributed by atoms with van der Waals surface area (Å²) in [5.41, 5.74) is 2.08. The van der Waals surface area contributed by atoms with E-state index in [-0.39, 0.29) is 0 Å². The quantitative estimate of drug-likeness (QED) is 0.847. The minimum Gasteiger partial charge on any atom is -0.381 e. The number of aryl methyl sites for hydroxylation is 1. The molecule has 2 aromatic heterocycles. The number of aromatic nitrogens is 3. The zero-order valence-electron chi connectivity index (χ0n) is 16.1. The summed E-state index contributed by atoms with van der Waals surface area (Å²) in [6.45, 7) is 7.50. The molecule has 0 amide bonds. The van der Waals surface area contributed by atoms with Crippen molar-refractivity contribution < 1.29 is 4.74 Å². The van der Waals surface area contributed by atoms with Crippen molar-refractivity contribution >= 4 is 5.82 Å². The van der Waals surface area contributed by atoms with E-state index in [9.17, 15) is 0 Å². The Kier molecular flexibility index (Phi) is 5.94. The highest BCUT2D eigenvalue weighted by atomic mass is 16.5. The fourth-order valence-electron chi connectivity index (χ4n) is 3.94. The van der Waals surface area contributed by atoms with E-state index in [1.165, 1.54) is 13.0 Å². The van der Waals surface area contributed by atoms with E-state index in [4.69, 9.17) is 9.72 Å². The molecule has 144 valence electrons. The van der Waals surface area contributed by atoms with Crippen LogP contribution in [0, 0.1) is 5.92 Å². The van der Waals surface area contributed by atoms with Crippen LogP contribution in [0.15, 0.2) is 30.6 Å². The van der Waals surface area contributed by atoms with E-state index < -0.39 is 0 Å². The fraction of sp³-hybridized carbons (Fsp3) is 0.571. The van der Waals surface area contributed by atoms with Crippen LogP contribution in [-0.2, 0) is 11.2 Å². The van der Waals surface area contributed by atoms with E-state index in [0.29, 0.717) is 6.04 Å². The van der Waals surface area contributed by atoms with E-state index in [2.05, 4.69) is 33.2 Å². The van der Waals surface area contributed by atoms with Crippen molar-refractivity contribution in [2.45, 2.75) is 38.6 Å². The summed E-state index contributed by atoms with van der Waals surface area (Å²) in [7, 11) is 0. The molecule has 0 saturated carbocycles. The van der Waals surface area contributed by atoms with Crippen LogP contribution < -0.4 is 5.32 Å². The maximum Gasteiger partial charge on any atom is 0.161 e. The van der Waals surface area contributed by atoms with Crippen LogP contribution in [0.4, 0.5) is 5.82 Å². The van der Waals surface area contributed by atoms with Crippen molar-refractivity contribution in [3.8, 4) is 11.4 Å². The predicted molar refractivity (Wildman–Crippen MR) is 107 cm³/mol. The van der Waals surface area contributed by atoms with Crippen LogP contribution in [0.25, 0.3) is 11.4 Å². The first-order valence-electron chi connectivity index (χ1n) is 10.1. The van der Waals surface area contributed by atoms with Gasteiger partial charge in [-0.05, 0) is 43.7 Å². The van der Waals surface area contributed by atoms with Crippen LogP contribution in [0.2, 0.25) is 0 Å². The van der Waals surface area contributed by atoms with Crippen molar-refractivity contribution in [2.24, 2.45) is 5.92 Å². The average molecular weight is 367 g/mol. The maximum atomic E-state index is 5.51. The lowest BCUT2D eigenvalue weighted by Crippen LogP contribution is -2.41. The lowest BCUT2D eigenvalue weighted by molar-refractivity contribution is 0.154. The zero-order valence-corrected chi connectivity index (χ0v) is 16.1. The molecule has 0 aromatic carbocycles. The highest BCUT2D eigenvalue weighted by Crippen LogP contribution is 2.22. The largest absolute Gasteiger partial charge is 0.381 e. The molecule has 2 aliphatic heterocycles. The third kappa shape index (κ3) is 4.82. The van der Waals surface area contributed by atoms with Crippen LogP contribution in [0.1, 0.15) is 31.9 Å². The number of ether oxygens (including phenoxy) is 1. The summed E-state index contributed by atoms with van der Waals surface area (Å²) in [5.74, 6) is 2.45. The van der Waals surface area contributed by atoms with Gasteiger partial charge in [0.25, 0.3) is 0 Å². The molecule has 1 N–H and O–H groups in total. The van der Waals surface area contributed by atoms with Crippen molar-refractivity contribution in [2.75, 3.05) is 38.2 Å². The van der Waals surface area contributed by atoms with E-state index in [0.717, 1.165) is 74.4 Å². The Hall–Kier alpha value is -2.05. The van der Waals surface area contributed by atoms with Crippen LogP contribution in [0.5, 0.6) is 0 Å². The van der Waals surface area contributed by atoms with Crippen LogP contribution in [-0.4, -0.2) is 58.7 Å². The molecular formula is C21H29N5O. The van der Waals surface area contributed by atoms with Gasteiger partial charge in [0.15, 0.2) is 5.82 Å². The van der Waals surface area contributed by atoms with Gasteiger partial charge in [0.1, 0.15) is 5.82 Å². The van der Waals surface area contributed by atoms with Crippen molar-refractivity contribution in [3.63, 3.8) is 0 Å². The van der Waals surface area contributed by atoms with E-state index in [1.54, 1.807) is 12.4 Å². The van der Waals surface area contributed by atoms with Crippen LogP contribution in [0.3, 0.4) is 0 Å². The molecule has 4 heterocycles. The number of rotatable bonds is 6. The molecule has 0 spiro atoms. The molecule has 27 heavy (non-hydrogen) atoms. The monoisotopic (exact) mass is 367 g/mol. The van der Waals surface area contributed by atoms with Crippen molar-refractivity contribution in [3.05, 3.63) is 36.3 Å². The normalized spacial score (nSPS) is 21.4. The molecule has 6 heteroatoms. The Morgan fingerprint density at radius 2 is 1.96 bits per heavy atom. The first kappa shape index (κ1) is 18.3. The fourth-order valence-corrected chi connectivity index (χ4v) is 3.94. The van der Waals surface area contributed by atoms with Crippen molar-refractivity contribution in [1.82, 2.24) is 19.9 Å². The summed E-state index contributed by atoms with van der Waals surface area (Å²) >= 11 is 0. The number of nitrogens with one attached hydrogen (secondary N) is 1. The Bertz CT molecular complexity index is 725. The second kappa shape index (κ2) is 8.76. The van der Waals surface area contributed by atoms with Crippen molar-refractivity contribution in [1.29, 1.82) is 0 Å². The number of pyridine rings is 1. The van der Waals surface area contributed by atoms with E-state index in [1.807, 2.05) is 12.1 Å². The Labute approximate surface area is 161 Å². The molecule has 0 aliphatic carbocycles. The van der Waals surface area contributed by atoms with Gasteiger partial charge in [-0.15, -0.1) is 0 Å². The van der Waals surface area contributed by atoms with Gasteiger partial charge in [0.05, 0.1) is 6.61 Å². The van der Waals surface area contributed by atoms with Gasteiger partial charge in [0, 0.05) is 62.0 Å². The molecule has 1 unspecified atom stereocenters. The molecule has 2 saturated heterocycles. The molecule has 0 bridgehead atoms.